The summed E-state index contributed by atoms with van der Waals surface area (Å²) in [6, 6.07) is 14.4. The monoisotopic (exact) mass is 430 g/mol. The maximum Gasteiger partial charge on any atom is 0.264 e. The molecule has 9 heteroatoms. The highest BCUT2D eigenvalue weighted by molar-refractivity contribution is 7.92. The van der Waals surface area contributed by atoms with Crippen molar-refractivity contribution in [3.63, 3.8) is 0 Å². The van der Waals surface area contributed by atoms with Crippen LogP contribution in [0.2, 0.25) is 0 Å². The van der Waals surface area contributed by atoms with Crippen molar-refractivity contribution in [3.8, 4) is 5.75 Å². The maximum atomic E-state index is 13.6. The van der Waals surface area contributed by atoms with Crippen molar-refractivity contribution < 1.29 is 26.7 Å². The number of amides is 1. The molecular weight excluding hydrogens is 414 g/mol. The first-order valence-corrected chi connectivity index (χ1v) is 10.4. The zero-order chi connectivity index (χ0) is 21.3. The van der Waals surface area contributed by atoms with Gasteiger partial charge in [-0.3, -0.25) is 9.10 Å². The normalized spacial score (nSPS) is 13.3. The van der Waals surface area contributed by atoms with Crippen LogP contribution in [0.4, 0.5) is 20.2 Å². The third-order valence-electron chi connectivity index (χ3n) is 4.51. The summed E-state index contributed by atoms with van der Waals surface area (Å²) in [7, 11) is -4.07. The van der Waals surface area contributed by atoms with Gasteiger partial charge in [0, 0.05) is 11.3 Å². The molecule has 154 valence electrons. The summed E-state index contributed by atoms with van der Waals surface area (Å²) in [5.41, 5.74) is 0.582. The maximum absolute atomic E-state index is 13.6. The van der Waals surface area contributed by atoms with E-state index in [1.54, 1.807) is 0 Å². The van der Waals surface area contributed by atoms with Crippen molar-refractivity contribution in [2.75, 3.05) is 22.8 Å². The minimum Gasteiger partial charge on any atom is -0.489 e. The highest BCUT2D eigenvalue weighted by Gasteiger charge is 2.31. The van der Waals surface area contributed by atoms with E-state index < -0.39 is 27.6 Å². The Balaban J connectivity index is 1.69. The molecule has 0 spiro atoms. The minimum absolute atomic E-state index is 0.000809. The number of benzene rings is 3. The van der Waals surface area contributed by atoms with Gasteiger partial charge in [-0.25, -0.2) is 17.2 Å². The van der Waals surface area contributed by atoms with E-state index in [4.69, 9.17) is 4.74 Å². The van der Waals surface area contributed by atoms with Gasteiger partial charge in [-0.15, -0.1) is 0 Å². The summed E-state index contributed by atoms with van der Waals surface area (Å²) >= 11 is 0. The molecule has 6 nitrogen and oxygen atoms in total. The van der Waals surface area contributed by atoms with Gasteiger partial charge in [-0.1, -0.05) is 12.1 Å². The van der Waals surface area contributed by atoms with Crippen molar-refractivity contribution in [1.29, 1.82) is 0 Å². The second-order valence-corrected chi connectivity index (χ2v) is 8.39. The molecule has 3 aromatic carbocycles. The Bertz CT molecular complexity index is 1230. The van der Waals surface area contributed by atoms with E-state index in [2.05, 4.69) is 5.32 Å². The van der Waals surface area contributed by atoms with Crippen LogP contribution < -0.4 is 14.4 Å². The summed E-state index contributed by atoms with van der Waals surface area (Å²) < 4.78 is 59.7. The minimum atomic E-state index is -4.07. The predicted molar refractivity (Wildman–Crippen MR) is 107 cm³/mol. The van der Waals surface area contributed by atoms with Crippen LogP contribution in [0, 0.1) is 11.6 Å². The molecule has 0 fully saturated rings. The molecular formula is C21H16F2N2O4S. The number of hydrogen-bond donors (Lipinski definition) is 1. The first kappa shape index (κ1) is 19.8. The number of carbonyl (C=O) groups is 1. The van der Waals surface area contributed by atoms with E-state index in [0.717, 1.165) is 16.4 Å². The van der Waals surface area contributed by atoms with Gasteiger partial charge < -0.3 is 10.1 Å². The van der Waals surface area contributed by atoms with Gasteiger partial charge >= 0.3 is 0 Å². The molecule has 0 atom stereocenters. The number of carbonyl (C=O) groups excluding carboxylic acids is 1. The lowest BCUT2D eigenvalue weighted by molar-refractivity contribution is 0.102. The molecule has 0 aliphatic carbocycles. The van der Waals surface area contributed by atoms with Crippen molar-refractivity contribution in [2.24, 2.45) is 0 Å². The lowest BCUT2D eigenvalue weighted by Gasteiger charge is -2.30. The quantitative estimate of drug-likeness (QED) is 0.683. The number of anilines is 2. The molecule has 0 aromatic heterocycles. The van der Waals surface area contributed by atoms with Crippen LogP contribution in [0.5, 0.6) is 5.75 Å². The number of nitrogens with one attached hydrogen (secondary N) is 1. The third kappa shape index (κ3) is 3.84. The number of halogens is 2. The highest BCUT2D eigenvalue weighted by atomic mass is 32.2. The number of nitrogens with zero attached hydrogens (tertiary/aromatic N) is 1. The molecule has 0 bridgehead atoms. The van der Waals surface area contributed by atoms with Crippen molar-refractivity contribution in [3.05, 3.63) is 83.9 Å². The van der Waals surface area contributed by atoms with E-state index in [1.807, 2.05) is 0 Å². The smallest absolute Gasteiger partial charge is 0.264 e. The van der Waals surface area contributed by atoms with Gasteiger partial charge in [0.25, 0.3) is 15.9 Å². The van der Waals surface area contributed by atoms with E-state index in [9.17, 15) is 22.0 Å². The van der Waals surface area contributed by atoms with Crippen LogP contribution in [0.3, 0.4) is 0 Å². The van der Waals surface area contributed by atoms with E-state index in [0.29, 0.717) is 0 Å². The van der Waals surface area contributed by atoms with E-state index in [1.165, 1.54) is 54.6 Å². The second-order valence-electron chi connectivity index (χ2n) is 6.53. The molecule has 3 aromatic rings. The molecule has 30 heavy (non-hydrogen) atoms. The lowest BCUT2D eigenvalue weighted by atomic mass is 10.1. The molecule has 1 amide bonds. The summed E-state index contributed by atoms with van der Waals surface area (Å²) in [5, 5.41) is 2.56. The van der Waals surface area contributed by atoms with Gasteiger partial charge in [0.1, 0.15) is 24.0 Å². The van der Waals surface area contributed by atoms with Crippen molar-refractivity contribution >= 4 is 27.3 Å². The van der Waals surface area contributed by atoms with Crippen LogP contribution in [0.25, 0.3) is 0 Å². The standard InChI is InChI=1S/C21H16F2N2O4S/c22-15-3-1-5-17(12-15)24-21(26)14-7-8-20-19(11-14)25(9-10-29-20)30(27,28)18-6-2-4-16(23)13-18/h1-8,11-13H,9-10H2,(H,24,26). The fourth-order valence-corrected chi connectivity index (χ4v) is 4.59. The number of ether oxygens (including phenoxy) is 1. The summed E-state index contributed by atoms with van der Waals surface area (Å²) in [6.07, 6.45) is 0. The molecule has 0 saturated heterocycles. The average Bonchev–Trinajstić information content (AvgIpc) is 2.73. The highest BCUT2D eigenvalue weighted by Crippen LogP contribution is 2.36. The average molecular weight is 430 g/mol. The Morgan fingerprint density at radius 1 is 0.967 bits per heavy atom. The Hall–Kier alpha value is -3.46. The zero-order valence-corrected chi connectivity index (χ0v) is 16.3. The topological polar surface area (TPSA) is 75.7 Å². The second kappa shape index (κ2) is 7.75. The molecule has 0 unspecified atom stereocenters. The van der Waals surface area contributed by atoms with E-state index >= 15 is 0 Å². The van der Waals surface area contributed by atoms with E-state index in [-0.39, 0.29) is 40.7 Å². The fraction of sp³-hybridized carbons (Fsp3) is 0.0952. The Morgan fingerprint density at radius 2 is 1.70 bits per heavy atom. The van der Waals surface area contributed by atoms with Gasteiger partial charge in [-0.2, -0.15) is 0 Å². The SMILES string of the molecule is O=C(Nc1cccc(F)c1)c1ccc2c(c1)N(S(=O)(=O)c1cccc(F)c1)CCO2. The van der Waals surface area contributed by atoms with Gasteiger partial charge in [-0.05, 0) is 54.6 Å². The molecule has 1 heterocycles. The molecule has 4 rings (SSSR count). The molecule has 1 N–H and O–H groups in total. The van der Waals surface area contributed by atoms with Crippen LogP contribution >= 0.6 is 0 Å². The van der Waals surface area contributed by atoms with Crippen LogP contribution in [0.15, 0.2) is 71.6 Å². The number of sulfonamides is 1. The fourth-order valence-electron chi connectivity index (χ4n) is 3.11. The summed E-state index contributed by atoms with van der Waals surface area (Å²) in [5.74, 6) is -1.44. The number of hydrogen-bond acceptors (Lipinski definition) is 4. The molecule has 0 radical (unpaired) electrons. The van der Waals surface area contributed by atoms with Crippen LogP contribution in [-0.4, -0.2) is 27.5 Å². The molecule has 1 aliphatic heterocycles. The zero-order valence-electron chi connectivity index (χ0n) is 15.5. The largest absolute Gasteiger partial charge is 0.489 e. The Kier molecular flexibility index (Phi) is 5.13. The van der Waals surface area contributed by atoms with Crippen LogP contribution in [-0.2, 0) is 10.0 Å². The van der Waals surface area contributed by atoms with Crippen molar-refractivity contribution in [1.82, 2.24) is 0 Å². The number of fused-ring (bicyclic) bond motifs is 1. The summed E-state index contributed by atoms with van der Waals surface area (Å²) in [4.78, 5) is 12.4. The Labute approximate surface area is 171 Å². The lowest BCUT2D eigenvalue weighted by Crippen LogP contribution is -2.38. The Morgan fingerprint density at radius 3 is 2.43 bits per heavy atom. The first-order valence-electron chi connectivity index (χ1n) is 8.97. The van der Waals surface area contributed by atoms with Gasteiger partial charge in [0.2, 0.25) is 0 Å². The van der Waals surface area contributed by atoms with Gasteiger partial charge in [0.15, 0.2) is 0 Å². The molecule has 0 saturated carbocycles. The molecule has 1 aliphatic rings. The predicted octanol–water partition coefficient (Wildman–Crippen LogP) is 3.80. The first-order chi connectivity index (χ1) is 14.3. The van der Waals surface area contributed by atoms with Crippen LogP contribution in [0.1, 0.15) is 10.4 Å². The summed E-state index contributed by atoms with van der Waals surface area (Å²) in [6.45, 7) is 0.108. The van der Waals surface area contributed by atoms with Gasteiger partial charge in [0.05, 0.1) is 17.1 Å². The van der Waals surface area contributed by atoms with Crippen molar-refractivity contribution in [2.45, 2.75) is 4.90 Å². The number of rotatable bonds is 4. The third-order valence-corrected chi connectivity index (χ3v) is 6.32.